The summed E-state index contributed by atoms with van der Waals surface area (Å²) in [5.41, 5.74) is 5.94. The second-order valence-corrected chi connectivity index (χ2v) is 5.37. The summed E-state index contributed by atoms with van der Waals surface area (Å²) in [6.45, 7) is 2.49. The van der Waals surface area contributed by atoms with Crippen molar-refractivity contribution in [2.75, 3.05) is 12.3 Å². The number of nitrogen functional groups attached to an aromatic ring is 1. The molecule has 0 saturated carbocycles. The fourth-order valence-electron chi connectivity index (χ4n) is 2.77. The smallest absolute Gasteiger partial charge is 0.268 e. The van der Waals surface area contributed by atoms with Gasteiger partial charge in [-0.05, 0) is 41.5 Å². The third kappa shape index (κ3) is 2.77. The summed E-state index contributed by atoms with van der Waals surface area (Å²) in [6.07, 6.45) is 0. The van der Waals surface area contributed by atoms with E-state index in [2.05, 4.69) is 4.98 Å². The first-order chi connectivity index (χ1) is 12.1. The van der Waals surface area contributed by atoms with Crippen LogP contribution in [0.1, 0.15) is 18.1 Å². The highest BCUT2D eigenvalue weighted by Gasteiger charge is 2.18. The van der Waals surface area contributed by atoms with Crippen molar-refractivity contribution in [2.24, 2.45) is 0 Å². The molecular weight excluding hydrogens is 316 g/mol. The molecule has 0 fully saturated rings. The van der Waals surface area contributed by atoms with E-state index in [1.54, 1.807) is 6.07 Å². The van der Waals surface area contributed by atoms with E-state index >= 15 is 0 Å². The van der Waals surface area contributed by atoms with Gasteiger partial charge in [-0.3, -0.25) is 4.79 Å². The second-order valence-electron chi connectivity index (χ2n) is 5.37. The van der Waals surface area contributed by atoms with Gasteiger partial charge >= 0.3 is 0 Å². The van der Waals surface area contributed by atoms with Gasteiger partial charge in [0.2, 0.25) is 0 Å². The van der Waals surface area contributed by atoms with Crippen molar-refractivity contribution in [3.8, 4) is 29.0 Å². The van der Waals surface area contributed by atoms with Gasteiger partial charge in [-0.2, -0.15) is 10.5 Å². The van der Waals surface area contributed by atoms with E-state index in [9.17, 15) is 15.3 Å². The zero-order chi connectivity index (χ0) is 18.0. The zero-order valence-electron chi connectivity index (χ0n) is 13.5. The molecule has 3 N–H and O–H groups in total. The molecule has 1 aromatic heterocycles. The number of nitrogens with zero attached hydrogens (tertiary/aromatic N) is 2. The third-order valence-corrected chi connectivity index (χ3v) is 3.88. The normalized spacial score (nSPS) is 10.2. The highest BCUT2D eigenvalue weighted by Crippen LogP contribution is 2.31. The van der Waals surface area contributed by atoms with Gasteiger partial charge in [0.05, 0.1) is 6.61 Å². The molecule has 0 aliphatic carbocycles. The summed E-state index contributed by atoms with van der Waals surface area (Å²) in [6, 6.07) is 14.9. The first-order valence-electron chi connectivity index (χ1n) is 7.62. The Hall–Kier alpha value is -3.77. The van der Waals surface area contributed by atoms with Crippen LogP contribution in [0.2, 0.25) is 0 Å². The minimum Gasteiger partial charge on any atom is -0.494 e. The van der Waals surface area contributed by atoms with Crippen LogP contribution in [0.25, 0.3) is 21.9 Å². The Morgan fingerprint density at radius 3 is 2.44 bits per heavy atom. The molecule has 2 aromatic carbocycles. The van der Waals surface area contributed by atoms with E-state index in [-0.39, 0.29) is 22.5 Å². The number of hydrogen-bond acceptors (Lipinski definition) is 5. The average molecular weight is 330 g/mol. The van der Waals surface area contributed by atoms with Crippen LogP contribution in [0.3, 0.4) is 0 Å². The van der Waals surface area contributed by atoms with Gasteiger partial charge in [0.25, 0.3) is 5.56 Å². The molecule has 6 nitrogen and oxygen atoms in total. The van der Waals surface area contributed by atoms with Crippen molar-refractivity contribution in [3.05, 3.63) is 57.9 Å². The minimum atomic E-state index is -0.610. The monoisotopic (exact) mass is 330 g/mol. The van der Waals surface area contributed by atoms with Crippen molar-refractivity contribution >= 4 is 16.6 Å². The molecule has 0 aliphatic rings. The topological polar surface area (TPSA) is 116 Å². The highest BCUT2D eigenvalue weighted by molar-refractivity contribution is 5.91. The lowest BCUT2D eigenvalue weighted by Crippen LogP contribution is -2.16. The van der Waals surface area contributed by atoms with E-state index in [1.807, 2.05) is 49.4 Å². The zero-order valence-corrected chi connectivity index (χ0v) is 13.5. The predicted octanol–water partition coefficient (Wildman–Crippen LogP) is 2.92. The first-order valence-corrected chi connectivity index (χ1v) is 7.62. The molecule has 0 saturated heterocycles. The first kappa shape index (κ1) is 16.1. The van der Waals surface area contributed by atoms with Gasteiger partial charge in [0.1, 0.15) is 34.8 Å². The lowest BCUT2D eigenvalue weighted by molar-refractivity contribution is 0.341. The van der Waals surface area contributed by atoms with Crippen LogP contribution >= 0.6 is 0 Å². The standard InChI is InChI=1S/C19H14N4O2/c1-2-25-14-6-5-11-7-13(4-3-12(11)8-14)17-15(9-20)18(22)23-19(24)16(17)10-21/h3-8H,2H2,1H3,(H3,22,23,24). The fourth-order valence-corrected chi connectivity index (χ4v) is 2.77. The van der Waals surface area contributed by atoms with Crippen molar-refractivity contribution in [1.29, 1.82) is 10.5 Å². The number of pyridine rings is 1. The number of H-pyrrole nitrogens is 1. The number of hydrogen-bond donors (Lipinski definition) is 2. The molecule has 3 rings (SSSR count). The van der Waals surface area contributed by atoms with Crippen LogP contribution in [-0.2, 0) is 0 Å². The van der Waals surface area contributed by atoms with E-state index < -0.39 is 5.56 Å². The second kappa shape index (κ2) is 6.38. The molecule has 0 amide bonds. The van der Waals surface area contributed by atoms with E-state index in [0.29, 0.717) is 12.2 Å². The Morgan fingerprint density at radius 1 is 1.08 bits per heavy atom. The van der Waals surface area contributed by atoms with Crippen molar-refractivity contribution in [1.82, 2.24) is 4.98 Å². The maximum atomic E-state index is 12.0. The Balaban J connectivity index is 2.27. The number of aromatic nitrogens is 1. The van der Waals surface area contributed by atoms with Gasteiger partial charge in [-0.25, -0.2) is 0 Å². The number of nitrogens with one attached hydrogen (secondary N) is 1. The van der Waals surface area contributed by atoms with Crippen LogP contribution in [-0.4, -0.2) is 11.6 Å². The molecule has 122 valence electrons. The summed E-state index contributed by atoms with van der Waals surface area (Å²) < 4.78 is 5.49. The average Bonchev–Trinajstić information content (AvgIpc) is 2.61. The molecular formula is C19H14N4O2. The van der Waals surface area contributed by atoms with Crippen molar-refractivity contribution in [2.45, 2.75) is 6.92 Å². The lowest BCUT2D eigenvalue weighted by atomic mass is 9.94. The molecule has 0 unspecified atom stereocenters. The number of nitriles is 2. The Bertz CT molecular complexity index is 1120. The molecule has 0 spiro atoms. The Morgan fingerprint density at radius 2 is 1.76 bits per heavy atom. The van der Waals surface area contributed by atoms with Crippen LogP contribution in [0.4, 0.5) is 5.82 Å². The van der Waals surface area contributed by atoms with Gasteiger partial charge < -0.3 is 15.5 Å². The quantitative estimate of drug-likeness (QED) is 0.766. The maximum absolute atomic E-state index is 12.0. The summed E-state index contributed by atoms with van der Waals surface area (Å²) in [4.78, 5) is 14.4. The molecule has 0 aliphatic heterocycles. The van der Waals surface area contributed by atoms with Gasteiger partial charge in [-0.1, -0.05) is 18.2 Å². The third-order valence-electron chi connectivity index (χ3n) is 3.88. The maximum Gasteiger partial charge on any atom is 0.268 e. The molecule has 25 heavy (non-hydrogen) atoms. The van der Waals surface area contributed by atoms with Gasteiger partial charge in [0, 0.05) is 5.56 Å². The summed E-state index contributed by atoms with van der Waals surface area (Å²) in [7, 11) is 0. The molecule has 1 heterocycles. The van der Waals surface area contributed by atoms with Crippen LogP contribution in [0.5, 0.6) is 5.75 Å². The SMILES string of the molecule is CCOc1ccc2cc(-c3c(C#N)c(N)[nH]c(=O)c3C#N)ccc2c1. The van der Waals surface area contributed by atoms with Crippen molar-refractivity contribution in [3.63, 3.8) is 0 Å². The molecule has 0 bridgehead atoms. The summed E-state index contributed by atoms with van der Waals surface area (Å²) >= 11 is 0. The number of rotatable bonds is 3. The number of ether oxygens (including phenoxy) is 1. The number of nitrogens with two attached hydrogens (primary N) is 1. The van der Waals surface area contributed by atoms with Crippen LogP contribution in [0, 0.1) is 22.7 Å². The molecule has 6 heteroatoms. The fraction of sp³-hybridized carbons (Fsp3) is 0.105. The minimum absolute atomic E-state index is 0.0479. The predicted molar refractivity (Wildman–Crippen MR) is 95.0 cm³/mol. The molecule has 3 aromatic rings. The lowest BCUT2D eigenvalue weighted by Gasteiger charge is -2.10. The molecule has 0 atom stereocenters. The van der Waals surface area contributed by atoms with Gasteiger partial charge in [0.15, 0.2) is 0 Å². The highest BCUT2D eigenvalue weighted by atomic mass is 16.5. The van der Waals surface area contributed by atoms with E-state index in [1.165, 1.54) is 0 Å². The van der Waals surface area contributed by atoms with E-state index in [4.69, 9.17) is 10.5 Å². The number of fused-ring (bicyclic) bond motifs is 1. The number of benzene rings is 2. The van der Waals surface area contributed by atoms with Crippen LogP contribution < -0.4 is 16.0 Å². The summed E-state index contributed by atoms with van der Waals surface area (Å²) in [5.74, 6) is 0.715. The molecule has 0 radical (unpaired) electrons. The Labute approximate surface area is 143 Å². The van der Waals surface area contributed by atoms with Crippen LogP contribution in [0.15, 0.2) is 41.2 Å². The Kier molecular flexibility index (Phi) is 4.11. The largest absolute Gasteiger partial charge is 0.494 e. The summed E-state index contributed by atoms with van der Waals surface area (Å²) in [5, 5.41) is 20.6. The van der Waals surface area contributed by atoms with Gasteiger partial charge in [-0.15, -0.1) is 0 Å². The number of aromatic amines is 1. The van der Waals surface area contributed by atoms with E-state index in [0.717, 1.165) is 16.5 Å². The van der Waals surface area contributed by atoms with Crippen molar-refractivity contribution < 1.29 is 4.74 Å². The number of anilines is 1.